The van der Waals surface area contributed by atoms with Crippen molar-refractivity contribution in [2.45, 2.75) is 19.3 Å². The lowest BCUT2D eigenvalue weighted by Crippen LogP contribution is -2.33. The maximum atomic E-state index is 10.5. The zero-order valence-electron chi connectivity index (χ0n) is 18.0. The van der Waals surface area contributed by atoms with Crippen LogP contribution < -0.4 is 4.74 Å². The molecule has 1 aliphatic rings. The van der Waals surface area contributed by atoms with Crippen molar-refractivity contribution in [3.63, 3.8) is 0 Å². The van der Waals surface area contributed by atoms with Crippen LogP contribution in [0, 0.1) is 0 Å². The van der Waals surface area contributed by atoms with Crippen LogP contribution in [-0.4, -0.2) is 41.4 Å². The van der Waals surface area contributed by atoms with Crippen LogP contribution in [-0.2, 0) is 0 Å². The Balaban J connectivity index is 1.32. The predicted octanol–water partition coefficient (Wildman–Crippen LogP) is 6.51. The van der Waals surface area contributed by atoms with Gasteiger partial charge in [0.2, 0.25) is 0 Å². The first-order valence-electron chi connectivity index (χ1n) is 11.2. The minimum atomic E-state index is 0.248. The van der Waals surface area contributed by atoms with Gasteiger partial charge in [-0.25, -0.2) is 0 Å². The summed E-state index contributed by atoms with van der Waals surface area (Å²) in [6, 6.07) is 19.2. The molecule has 1 fully saturated rings. The van der Waals surface area contributed by atoms with Gasteiger partial charge in [0.05, 0.1) is 0 Å². The van der Waals surface area contributed by atoms with E-state index < -0.39 is 0 Å². The number of piperidine rings is 1. The maximum absolute atomic E-state index is 10.5. The summed E-state index contributed by atoms with van der Waals surface area (Å²) < 4.78 is 7.06. The molecule has 0 unspecified atom stereocenters. The Kier molecular flexibility index (Phi) is 6.02. The van der Waals surface area contributed by atoms with Crippen molar-refractivity contribution < 1.29 is 14.9 Å². The third-order valence-corrected chi connectivity index (χ3v) is 7.10. The highest BCUT2D eigenvalue weighted by Gasteiger charge is 2.12. The molecule has 0 spiro atoms. The van der Waals surface area contributed by atoms with Crippen LogP contribution in [0.1, 0.15) is 19.3 Å². The molecule has 4 aromatic rings. The van der Waals surface area contributed by atoms with Gasteiger partial charge in [0.25, 0.3) is 0 Å². The highest BCUT2D eigenvalue weighted by Crippen LogP contribution is 2.38. The number of nitrogens with zero attached hydrogens (tertiary/aromatic N) is 1. The molecule has 164 valence electrons. The largest absolute Gasteiger partial charge is 0.508 e. The topological polar surface area (TPSA) is 52.9 Å². The van der Waals surface area contributed by atoms with Gasteiger partial charge in [-0.2, -0.15) is 0 Å². The second-order valence-corrected chi connectivity index (χ2v) is 9.25. The SMILES string of the molecule is Oc1ccc2c(-c3ccc(-c4cc(OCCN5CCCCC5)ccc4O)cc3)csc2c1. The Morgan fingerprint density at radius 2 is 1.56 bits per heavy atom. The van der Waals surface area contributed by atoms with E-state index in [1.54, 1.807) is 29.5 Å². The van der Waals surface area contributed by atoms with Crippen LogP contribution in [0.2, 0.25) is 0 Å². The third-order valence-electron chi connectivity index (χ3n) is 6.16. The number of fused-ring (bicyclic) bond motifs is 1. The number of hydrogen-bond acceptors (Lipinski definition) is 5. The van der Waals surface area contributed by atoms with Crippen LogP contribution in [0.3, 0.4) is 0 Å². The van der Waals surface area contributed by atoms with Gasteiger partial charge in [0, 0.05) is 27.8 Å². The van der Waals surface area contributed by atoms with E-state index in [0.717, 1.165) is 57.7 Å². The number of ether oxygens (including phenoxy) is 1. The van der Waals surface area contributed by atoms with Crippen LogP contribution in [0.15, 0.2) is 66.0 Å². The molecule has 0 bridgehead atoms. The normalized spacial score (nSPS) is 14.6. The second kappa shape index (κ2) is 9.23. The van der Waals surface area contributed by atoms with Gasteiger partial charge in [-0.1, -0.05) is 30.7 Å². The fourth-order valence-corrected chi connectivity index (χ4v) is 5.38. The fourth-order valence-electron chi connectivity index (χ4n) is 4.38. The maximum Gasteiger partial charge on any atom is 0.123 e. The zero-order valence-corrected chi connectivity index (χ0v) is 18.8. The lowest BCUT2D eigenvalue weighted by molar-refractivity contribution is 0.183. The van der Waals surface area contributed by atoms with Crippen molar-refractivity contribution in [1.82, 2.24) is 4.90 Å². The average Bonchev–Trinajstić information content (AvgIpc) is 3.24. The molecule has 4 nitrogen and oxygen atoms in total. The summed E-state index contributed by atoms with van der Waals surface area (Å²) in [5.41, 5.74) is 3.98. The van der Waals surface area contributed by atoms with E-state index in [9.17, 15) is 10.2 Å². The molecule has 1 aromatic heterocycles. The van der Waals surface area contributed by atoms with Gasteiger partial charge in [0.1, 0.15) is 23.9 Å². The molecule has 5 heteroatoms. The highest BCUT2D eigenvalue weighted by atomic mass is 32.1. The number of likely N-dealkylation sites (tertiary alicyclic amines) is 1. The molecular formula is C27H27NO3S. The summed E-state index contributed by atoms with van der Waals surface area (Å²) in [7, 11) is 0. The van der Waals surface area contributed by atoms with E-state index in [1.807, 2.05) is 30.3 Å². The van der Waals surface area contributed by atoms with Crippen LogP contribution >= 0.6 is 11.3 Å². The van der Waals surface area contributed by atoms with Crippen molar-refractivity contribution in [3.8, 4) is 39.5 Å². The van der Waals surface area contributed by atoms with Gasteiger partial charge in [-0.15, -0.1) is 11.3 Å². The summed E-state index contributed by atoms with van der Waals surface area (Å²) in [6.07, 6.45) is 3.90. The highest BCUT2D eigenvalue weighted by molar-refractivity contribution is 7.17. The second-order valence-electron chi connectivity index (χ2n) is 8.34. The first-order chi connectivity index (χ1) is 15.7. The number of thiophene rings is 1. The molecule has 1 aliphatic heterocycles. The molecule has 0 radical (unpaired) electrons. The van der Waals surface area contributed by atoms with E-state index in [1.165, 1.54) is 19.3 Å². The van der Waals surface area contributed by atoms with Gasteiger partial charge >= 0.3 is 0 Å². The monoisotopic (exact) mass is 445 g/mol. The number of hydrogen-bond donors (Lipinski definition) is 2. The lowest BCUT2D eigenvalue weighted by atomic mass is 9.99. The van der Waals surface area contributed by atoms with Crippen molar-refractivity contribution in [2.24, 2.45) is 0 Å². The van der Waals surface area contributed by atoms with E-state index in [0.29, 0.717) is 6.61 Å². The molecule has 1 saturated heterocycles. The first-order valence-corrected chi connectivity index (χ1v) is 12.0. The predicted molar refractivity (Wildman–Crippen MR) is 132 cm³/mol. The number of rotatable bonds is 6. The van der Waals surface area contributed by atoms with Gasteiger partial charge in [0.15, 0.2) is 0 Å². The summed E-state index contributed by atoms with van der Waals surface area (Å²) >= 11 is 1.63. The minimum absolute atomic E-state index is 0.248. The fraction of sp³-hybridized carbons (Fsp3) is 0.259. The quantitative estimate of drug-likeness (QED) is 0.355. The zero-order chi connectivity index (χ0) is 21.9. The molecule has 2 N–H and O–H groups in total. The Labute approximate surface area is 192 Å². The van der Waals surface area contributed by atoms with Gasteiger partial charge in [-0.05, 0) is 78.8 Å². The van der Waals surface area contributed by atoms with Crippen molar-refractivity contribution in [3.05, 3.63) is 66.0 Å². The Bertz CT molecular complexity index is 1210. The van der Waals surface area contributed by atoms with Crippen LogP contribution in [0.5, 0.6) is 17.2 Å². The first kappa shape index (κ1) is 20.9. The van der Waals surface area contributed by atoms with E-state index in [4.69, 9.17) is 4.74 Å². The summed E-state index contributed by atoms with van der Waals surface area (Å²) in [4.78, 5) is 2.46. The summed E-state index contributed by atoms with van der Waals surface area (Å²) in [6.45, 7) is 3.93. The molecule has 3 aromatic carbocycles. The van der Waals surface area contributed by atoms with Gasteiger partial charge < -0.3 is 14.9 Å². The molecule has 0 amide bonds. The molecule has 2 heterocycles. The standard InChI is InChI=1S/C27H27NO3S/c29-21-8-10-23-25(18-32-27(23)16-21)20-6-4-19(5-7-20)24-17-22(9-11-26(24)30)31-15-14-28-12-2-1-3-13-28/h4-11,16-18,29-30H,1-3,12-15H2. The number of aromatic hydroxyl groups is 2. The van der Waals surface area contributed by atoms with E-state index in [-0.39, 0.29) is 11.5 Å². The minimum Gasteiger partial charge on any atom is -0.508 e. The third kappa shape index (κ3) is 4.45. The number of phenols is 2. The Morgan fingerprint density at radius 1 is 0.812 bits per heavy atom. The van der Waals surface area contributed by atoms with Crippen LogP contribution in [0.25, 0.3) is 32.3 Å². The Hall–Kier alpha value is -3.02. The Morgan fingerprint density at radius 3 is 2.34 bits per heavy atom. The molecule has 0 atom stereocenters. The molecular weight excluding hydrogens is 418 g/mol. The van der Waals surface area contributed by atoms with Crippen molar-refractivity contribution in [1.29, 1.82) is 0 Å². The van der Waals surface area contributed by atoms with E-state index >= 15 is 0 Å². The number of phenolic OH excluding ortho intramolecular Hbond substituents is 2. The summed E-state index contributed by atoms with van der Waals surface area (Å²) in [5, 5.41) is 23.4. The number of benzene rings is 3. The van der Waals surface area contributed by atoms with Crippen molar-refractivity contribution >= 4 is 21.4 Å². The molecule has 0 aliphatic carbocycles. The molecule has 0 saturated carbocycles. The van der Waals surface area contributed by atoms with E-state index in [2.05, 4.69) is 22.4 Å². The lowest BCUT2D eigenvalue weighted by Gasteiger charge is -2.26. The molecule has 5 rings (SSSR count). The smallest absolute Gasteiger partial charge is 0.123 e. The average molecular weight is 446 g/mol. The molecule has 32 heavy (non-hydrogen) atoms. The van der Waals surface area contributed by atoms with Crippen LogP contribution in [0.4, 0.5) is 0 Å². The van der Waals surface area contributed by atoms with Gasteiger partial charge in [-0.3, -0.25) is 4.90 Å². The summed E-state index contributed by atoms with van der Waals surface area (Å²) in [5.74, 6) is 1.31. The van der Waals surface area contributed by atoms with Crippen molar-refractivity contribution in [2.75, 3.05) is 26.2 Å².